The highest BCUT2D eigenvalue weighted by atomic mass is 16.2. The number of nitrogens with zero attached hydrogens (tertiary/aromatic N) is 3. The topological polar surface area (TPSA) is 100 Å². The molecule has 2 aliphatic heterocycles. The van der Waals surface area contributed by atoms with Crippen LogP contribution in [-0.2, 0) is 23.2 Å². The molecular formula is C29H36N6O. The number of carbonyl (C=O) groups excluding carboxylic acids is 1. The molecule has 7 nitrogen and oxygen atoms in total. The van der Waals surface area contributed by atoms with Gasteiger partial charge in [-0.3, -0.25) is 10.2 Å². The molecule has 1 unspecified atom stereocenters. The number of hydrogen-bond acceptors (Lipinski definition) is 4. The van der Waals surface area contributed by atoms with E-state index >= 15 is 0 Å². The van der Waals surface area contributed by atoms with E-state index in [4.69, 9.17) is 16.1 Å². The number of hydrogen-bond donors (Lipinski definition) is 3. The molecule has 3 aromatic rings. The fourth-order valence-electron chi connectivity index (χ4n) is 6.61. The van der Waals surface area contributed by atoms with E-state index in [1.807, 2.05) is 24.3 Å². The molecule has 188 valence electrons. The molecule has 3 aliphatic rings. The summed E-state index contributed by atoms with van der Waals surface area (Å²) in [5.41, 5.74) is 10.5. The smallest absolute Gasteiger partial charge is 0.233 e. The van der Waals surface area contributed by atoms with Gasteiger partial charge < -0.3 is 20.5 Å². The Labute approximate surface area is 212 Å². The maximum Gasteiger partial charge on any atom is 0.233 e. The van der Waals surface area contributed by atoms with Gasteiger partial charge in [0.15, 0.2) is 0 Å². The van der Waals surface area contributed by atoms with E-state index in [0.29, 0.717) is 5.91 Å². The number of rotatable bonds is 5. The van der Waals surface area contributed by atoms with Crippen molar-refractivity contribution in [1.82, 2.24) is 19.8 Å². The van der Waals surface area contributed by atoms with E-state index in [0.717, 1.165) is 99.1 Å². The van der Waals surface area contributed by atoms with Crippen LogP contribution in [0.2, 0.25) is 0 Å². The van der Waals surface area contributed by atoms with Crippen molar-refractivity contribution in [2.75, 3.05) is 19.6 Å². The molecule has 1 saturated heterocycles. The lowest BCUT2D eigenvalue weighted by Gasteiger charge is -2.36. The van der Waals surface area contributed by atoms with Crippen LogP contribution in [0, 0.1) is 5.41 Å². The zero-order valence-corrected chi connectivity index (χ0v) is 20.9. The number of carbonyl (C=O) groups is 1. The highest BCUT2D eigenvalue weighted by Gasteiger charge is 2.45. The van der Waals surface area contributed by atoms with Gasteiger partial charge in [0.1, 0.15) is 11.7 Å². The van der Waals surface area contributed by atoms with Crippen LogP contribution in [0.1, 0.15) is 73.5 Å². The summed E-state index contributed by atoms with van der Waals surface area (Å²) in [4.78, 5) is 21.1. The first-order valence-corrected chi connectivity index (χ1v) is 13.5. The van der Waals surface area contributed by atoms with Crippen molar-refractivity contribution in [1.29, 1.82) is 5.41 Å². The molecule has 3 heterocycles. The minimum atomic E-state index is -0.383. The highest BCUT2D eigenvalue weighted by Crippen LogP contribution is 2.44. The van der Waals surface area contributed by atoms with Crippen LogP contribution in [0.4, 0.5) is 0 Å². The fraction of sp³-hybridized carbons (Fsp3) is 0.483. The molecule has 7 heteroatoms. The summed E-state index contributed by atoms with van der Waals surface area (Å²) in [5, 5.41) is 11.3. The third kappa shape index (κ3) is 3.99. The molecule has 0 bridgehead atoms. The zero-order valence-electron chi connectivity index (χ0n) is 20.9. The van der Waals surface area contributed by atoms with Gasteiger partial charge in [0, 0.05) is 31.7 Å². The van der Waals surface area contributed by atoms with E-state index in [9.17, 15) is 4.79 Å². The first-order chi connectivity index (χ1) is 17.5. The average Bonchev–Trinajstić information content (AvgIpc) is 3.55. The first-order valence-electron chi connectivity index (χ1n) is 13.5. The molecular weight excluding hydrogens is 448 g/mol. The van der Waals surface area contributed by atoms with Crippen molar-refractivity contribution in [3.63, 3.8) is 0 Å². The number of imidazole rings is 1. The van der Waals surface area contributed by atoms with Gasteiger partial charge in [0.2, 0.25) is 5.91 Å². The lowest BCUT2D eigenvalue weighted by Crippen LogP contribution is -2.47. The summed E-state index contributed by atoms with van der Waals surface area (Å²) in [6.07, 6.45) is 8.44. The molecule has 36 heavy (non-hydrogen) atoms. The first kappa shape index (κ1) is 23.2. The zero-order chi connectivity index (χ0) is 24.7. The van der Waals surface area contributed by atoms with Gasteiger partial charge in [-0.25, -0.2) is 4.98 Å². The molecule has 1 aliphatic carbocycles. The number of likely N-dealkylation sites (tertiary alicyclic amines) is 1. The summed E-state index contributed by atoms with van der Waals surface area (Å²) >= 11 is 0. The van der Waals surface area contributed by atoms with Crippen molar-refractivity contribution in [3.05, 3.63) is 65.0 Å². The fourth-order valence-corrected chi connectivity index (χ4v) is 6.61. The minimum Gasteiger partial charge on any atom is -0.384 e. The molecule has 1 aromatic heterocycles. The highest BCUT2D eigenvalue weighted by molar-refractivity contribution is 5.95. The number of benzene rings is 2. The van der Waals surface area contributed by atoms with Crippen LogP contribution in [0.3, 0.4) is 0 Å². The lowest BCUT2D eigenvalue weighted by atomic mass is 9.77. The Morgan fingerprint density at radius 1 is 1.03 bits per heavy atom. The van der Waals surface area contributed by atoms with Gasteiger partial charge in [0.05, 0.1) is 22.5 Å². The van der Waals surface area contributed by atoms with Gasteiger partial charge in [-0.15, -0.1) is 0 Å². The maximum atomic E-state index is 13.8. The van der Waals surface area contributed by atoms with Crippen molar-refractivity contribution < 1.29 is 4.79 Å². The number of nitrogens with two attached hydrogens (primary N) is 1. The third-order valence-corrected chi connectivity index (χ3v) is 8.58. The van der Waals surface area contributed by atoms with E-state index in [1.165, 1.54) is 12.0 Å². The molecule has 2 fully saturated rings. The summed E-state index contributed by atoms with van der Waals surface area (Å²) in [6.45, 7) is 3.60. The SMILES string of the molecule is N=C(N)c1ccc(CC2NCCn3c2nc2cc(C4(C(=O)N5CCCCC5)CCCC4)ccc23)cc1. The van der Waals surface area contributed by atoms with Gasteiger partial charge in [0.25, 0.3) is 0 Å². The molecule has 1 atom stereocenters. The van der Waals surface area contributed by atoms with E-state index in [-0.39, 0.29) is 17.3 Å². The number of nitrogen functional groups attached to an aromatic ring is 1. The van der Waals surface area contributed by atoms with Crippen molar-refractivity contribution >= 4 is 22.8 Å². The Bertz CT molecular complexity index is 1280. The second kappa shape index (κ2) is 9.36. The molecule has 4 N–H and O–H groups in total. The average molecular weight is 485 g/mol. The number of amides is 1. The molecule has 0 spiro atoms. The number of amidine groups is 1. The third-order valence-electron chi connectivity index (χ3n) is 8.58. The Hall–Kier alpha value is -3.19. The standard InChI is InChI=1S/C29H36N6O/c30-26(31)21-8-6-20(7-9-21)18-24-27-33-23-19-22(10-11-25(23)35(27)17-14-32-24)29(12-2-3-13-29)28(36)34-15-4-1-5-16-34/h6-11,19,24,32H,1-5,12-18H2,(H3,30,31). The van der Waals surface area contributed by atoms with Crippen LogP contribution in [0.25, 0.3) is 11.0 Å². The Kier molecular flexibility index (Phi) is 6.04. The Morgan fingerprint density at radius 2 is 1.78 bits per heavy atom. The molecule has 2 aromatic carbocycles. The van der Waals surface area contributed by atoms with Gasteiger partial charge in [-0.2, -0.15) is 0 Å². The van der Waals surface area contributed by atoms with Gasteiger partial charge in [-0.05, 0) is 61.8 Å². The lowest BCUT2D eigenvalue weighted by molar-refractivity contribution is -0.138. The Balaban J connectivity index is 1.32. The number of piperidine rings is 1. The van der Waals surface area contributed by atoms with E-state index in [2.05, 4.69) is 33.0 Å². The van der Waals surface area contributed by atoms with Crippen LogP contribution in [0.5, 0.6) is 0 Å². The summed E-state index contributed by atoms with van der Waals surface area (Å²) in [5.74, 6) is 1.50. The van der Waals surface area contributed by atoms with Crippen molar-refractivity contribution in [2.45, 2.75) is 69.4 Å². The van der Waals surface area contributed by atoms with Gasteiger partial charge in [-0.1, -0.05) is 43.2 Å². The minimum absolute atomic E-state index is 0.0914. The van der Waals surface area contributed by atoms with Gasteiger partial charge >= 0.3 is 0 Å². The summed E-state index contributed by atoms with van der Waals surface area (Å²) < 4.78 is 2.35. The van der Waals surface area contributed by atoms with Crippen LogP contribution in [0.15, 0.2) is 42.5 Å². The van der Waals surface area contributed by atoms with Crippen LogP contribution < -0.4 is 11.1 Å². The Morgan fingerprint density at radius 3 is 2.50 bits per heavy atom. The summed E-state index contributed by atoms with van der Waals surface area (Å²) in [6, 6.07) is 14.7. The molecule has 1 saturated carbocycles. The second-order valence-electron chi connectivity index (χ2n) is 10.8. The number of fused-ring (bicyclic) bond motifs is 3. The van der Waals surface area contributed by atoms with Crippen LogP contribution in [-0.4, -0.2) is 45.8 Å². The van der Waals surface area contributed by atoms with E-state index in [1.54, 1.807) is 0 Å². The monoisotopic (exact) mass is 484 g/mol. The van der Waals surface area contributed by atoms with Crippen molar-refractivity contribution in [3.8, 4) is 0 Å². The largest absolute Gasteiger partial charge is 0.384 e. The summed E-state index contributed by atoms with van der Waals surface area (Å²) in [7, 11) is 0. The number of nitrogens with one attached hydrogen (secondary N) is 2. The normalized spacial score (nSPS) is 21.4. The molecule has 1 amide bonds. The van der Waals surface area contributed by atoms with Crippen molar-refractivity contribution in [2.24, 2.45) is 5.73 Å². The van der Waals surface area contributed by atoms with E-state index < -0.39 is 0 Å². The van der Waals surface area contributed by atoms with Crippen LogP contribution >= 0.6 is 0 Å². The quantitative estimate of drug-likeness (QED) is 0.376. The number of aromatic nitrogens is 2. The maximum absolute atomic E-state index is 13.8. The molecule has 0 radical (unpaired) electrons. The predicted octanol–water partition coefficient (Wildman–Crippen LogP) is 4.03. The second-order valence-corrected chi connectivity index (χ2v) is 10.8. The molecule has 6 rings (SSSR count). The predicted molar refractivity (Wildman–Crippen MR) is 142 cm³/mol.